The summed E-state index contributed by atoms with van der Waals surface area (Å²) in [6.07, 6.45) is 0. The molecule has 1 unspecified atom stereocenters. The van der Waals surface area contributed by atoms with Crippen molar-refractivity contribution < 1.29 is 19.2 Å². The Morgan fingerprint density at radius 3 is 2.28 bits per heavy atom. The molecule has 0 aliphatic rings. The molecular formula is C12H13NO5. The number of carbonyl (C=O) groups excluding carboxylic acids is 2. The standard InChI is InChI=1S/C12H13NO5/c1-3-18-12(15)11(8(2)14)9-4-6-10(7-5-9)13(16)17/h4-7,11H,3H2,1-2H3. The average molecular weight is 251 g/mol. The molecule has 0 amide bonds. The molecule has 96 valence electrons. The molecule has 0 heterocycles. The fourth-order valence-corrected chi connectivity index (χ4v) is 1.55. The predicted molar refractivity (Wildman–Crippen MR) is 63.2 cm³/mol. The van der Waals surface area contributed by atoms with Crippen LogP contribution in [0.2, 0.25) is 0 Å². The first-order valence-corrected chi connectivity index (χ1v) is 5.38. The van der Waals surface area contributed by atoms with Crippen LogP contribution in [0.15, 0.2) is 24.3 Å². The van der Waals surface area contributed by atoms with Crippen molar-refractivity contribution in [3.63, 3.8) is 0 Å². The number of non-ortho nitro benzene ring substituents is 1. The number of nitro groups is 1. The lowest BCUT2D eigenvalue weighted by atomic mass is 9.95. The number of Topliss-reactive ketones (excluding diaryl/α,β-unsaturated/α-hetero) is 1. The summed E-state index contributed by atoms with van der Waals surface area (Å²) in [5.41, 5.74) is 0.302. The summed E-state index contributed by atoms with van der Waals surface area (Å²) in [6.45, 7) is 3.10. The zero-order chi connectivity index (χ0) is 13.7. The Bertz CT molecular complexity index is 466. The molecule has 0 aromatic heterocycles. The maximum atomic E-state index is 11.6. The topological polar surface area (TPSA) is 86.5 Å². The minimum atomic E-state index is -1.02. The largest absolute Gasteiger partial charge is 0.465 e. The highest BCUT2D eigenvalue weighted by Crippen LogP contribution is 2.21. The Labute approximate surface area is 104 Å². The Morgan fingerprint density at radius 2 is 1.89 bits per heavy atom. The first kappa shape index (κ1) is 13.8. The number of nitro benzene ring substituents is 1. The number of esters is 1. The number of rotatable bonds is 5. The van der Waals surface area contributed by atoms with Gasteiger partial charge in [-0.05, 0) is 19.4 Å². The van der Waals surface area contributed by atoms with E-state index in [2.05, 4.69) is 0 Å². The number of carbonyl (C=O) groups is 2. The smallest absolute Gasteiger partial charge is 0.320 e. The van der Waals surface area contributed by atoms with E-state index in [1.54, 1.807) is 6.92 Å². The van der Waals surface area contributed by atoms with Crippen LogP contribution in [0.1, 0.15) is 25.3 Å². The van der Waals surface area contributed by atoms with E-state index in [4.69, 9.17) is 4.74 Å². The van der Waals surface area contributed by atoms with Crippen molar-refractivity contribution in [2.24, 2.45) is 0 Å². The Hall–Kier alpha value is -2.24. The third-order valence-electron chi connectivity index (χ3n) is 2.37. The molecule has 6 heteroatoms. The van der Waals surface area contributed by atoms with Crippen LogP contribution in [0.3, 0.4) is 0 Å². The van der Waals surface area contributed by atoms with E-state index in [1.165, 1.54) is 31.2 Å². The quantitative estimate of drug-likeness (QED) is 0.345. The van der Waals surface area contributed by atoms with Crippen LogP contribution in [0.4, 0.5) is 5.69 Å². The van der Waals surface area contributed by atoms with Crippen LogP contribution in [0.5, 0.6) is 0 Å². The highest BCUT2D eigenvalue weighted by atomic mass is 16.6. The molecule has 0 saturated heterocycles. The van der Waals surface area contributed by atoms with Gasteiger partial charge in [-0.1, -0.05) is 12.1 Å². The van der Waals surface area contributed by atoms with Crippen LogP contribution >= 0.6 is 0 Å². The van der Waals surface area contributed by atoms with Crippen LogP contribution in [0, 0.1) is 10.1 Å². The zero-order valence-electron chi connectivity index (χ0n) is 10.1. The molecule has 1 rings (SSSR count). The molecule has 1 aromatic rings. The lowest BCUT2D eigenvalue weighted by molar-refractivity contribution is -0.384. The minimum absolute atomic E-state index is 0.0927. The molecule has 6 nitrogen and oxygen atoms in total. The number of hydrogen-bond acceptors (Lipinski definition) is 5. The first-order valence-electron chi connectivity index (χ1n) is 5.38. The lowest BCUT2D eigenvalue weighted by Gasteiger charge is -2.12. The van der Waals surface area contributed by atoms with Crippen molar-refractivity contribution in [1.82, 2.24) is 0 Å². The minimum Gasteiger partial charge on any atom is -0.465 e. The van der Waals surface area contributed by atoms with Gasteiger partial charge in [-0.25, -0.2) is 0 Å². The molecule has 0 saturated carbocycles. The fourth-order valence-electron chi connectivity index (χ4n) is 1.55. The maximum Gasteiger partial charge on any atom is 0.320 e. The molecule has 1 atom stereocenters. The summed E-state index contributed by atoms with van der Waals surface area (Å²) in [5.74, 6) is -2.02. The summed E-state index contributed by atoms with van der Waals surface area (Å²) in [6, 6.07) is 5.29. The van der Waals surface area contributed by atoms with Crippen molar-refractivity contribution in [2.45, 2.75) is 19.8 Å². The van der Waals surface area contributed by atoms with Gasteiger partial charge in [-0.2, -0.15) is 0 Å². The first-order chi connectivity index (χ1) is 8.47. The van der Waals surface area contributed by atoms with Gasteiger partial charge in [0.05, 0.1) is 11.5 Å². The van der Waals surface area contributed by atoms with Gasteiger partial charge in [0.1, 0.15) is 11.7 Å². The zero-order valence-corrected chi connectivity index (χ0v) is 10.1. The van der Waals surface area contributed by atoms with Crippen molar-refractivity contribution in [1.29, 1.82) is 0 Å². The van der Waals surface area contributed by atoms with E-state index < -0.39 is 16.8 Å². The second-order valence-corrected chi connectivity index (χ2v) is 3.64. The van der Waals surface area contributed by atoms with Crippen LogP contribution in [0.25, 0.3) is 0 Å². The Kier molecular flexibility index (Phi) is 4.53. The van der Waals surface area contributed by atoms with Gasteiger partial charge in [-0.15, -0.1) is 0 Å². The van der Waals surface area contributed by atoms with Gasteiger partial charge >= 0.3 is 5.97 Å². The summed E-state index contributed by atoms with van der Waals surface area (Å²) >= 11 is 0. The monoisotopic (exact) mass is 251 g/mol. The number of ketones is 1. The number of hydrogen-bond donors (Lipinski definition) is 0. The van der Waals surface area contributed by atoms with Gasteiger partial charge in [0.25, 0.3) is 5.69 Å². The van der Waals surface area contributed by atoms with E-state index in [1.807, 2.05) is 0 Å². The van der Waals surface area contributed by atoms with Gasteiger partial charge < -0.3 is 4.74 Å². The molecule has 0 bridgehead atoms. The van der Waals surface area contributed by atoms with Gasteiger partial charge in [0.15, 0.2) is 0 Å². The lowest BCUT2D eigenvalue weighted by Crippen LogP contribution is -2.22. The van der Waals surface area contributed by atoms with E-state index >= 15 is 0 Å². The Balaban J connectivity index is 3.03. The van der Waals surface area contributed by atoms with Crippen LogP contribution in [-0.4, -0.2) is 23.3 Å². The molecular weight excluding hydrogens is 238 g/mol. The molecule has 0 aliphatic heterocycles. The number of benzene rings is 1. The SMILES string of the molecule is CCOC(=O)C(C(C)=O)c1ccc([N+](=O)[O-])cc1. The predicted octanol–water partition coefficient (Wildman–Crippen LogP) is 1.83. The van der Waals surface area contributed by atoms with E-state index in [-0.39, 0.29) is 18.1 Å². The normalized spacial score (nSPS) is 11.7. The molecule has 0 radical (unpaired) electrons. The highest BCUT2D eigenvalue weighted by Gasteiger charge is 2.27. The molecule has 0 fully saturated rings. The molecule has 18 heavy (non-hydrogen) atoms. The molecule has 1 aromatic carbocycles. The summed E-state index contributed by atoms with van der Waals surface area (Å²) in [4.78, 5) is 33.0. The Morgan fingerprint density at radius 1 is 1.33 bits per heavy atom. The third kappa shape index (κ3) is 3.13. The van der Waals surface area contributed by atoms with Crippen LogP contribution in [-0.2, 0) is 14.3 Å². The van der Waals surface area contributed by atoms with E-state index in [0.717, 1.165) is 0 Å². The third-order valence-corrected chi connectivity index (χ3v) is 2.37. The van der Waals surface area contributed by atoms with E-state index in [9.17, 15) is 19.7 Å². The molecule has 0 N–H and O–H groups in total. The summed E-state index contributed by atoms with van der Waals surface area (Å²) < 4.78 is 4.80. The van der Waals surface area contributed by atoms with Gasteiger partial charge in [0, 0.05) is 12.1 Å². The van der Waals surface area contributed by atoms with Crippen molar-refractivity contribution in [3.8, 4) is 0 Å². The number of nitrogens with zero attached hydrogens (tertiary/aromatic N) is 1. The second kappa shape index (κ2) is 5.90. The number of ether oxygens (including phenoxy) is 1. The van der Waals surface area contributed by atoms with Crippen molar-refractivity contribution in [2.75, 3.05) is 6.61 Å². The van der Waals surface area contributed by atoms with Crippen molar-refractivity contribution in [3.05, 3.63) is 39.9 Å². The molecule has 0 aliphatic carbocycles. The average Bonchev–Trinajstić information content (AvgIpc) is 2.29. The van der Waals surface area contributed by atoms with Gasteiger partial charge in [-0.3, -0.25) is 19.7 Å². The highest BCUT2D eigenvalue weighted by molar-refractivity contribution is 6.03. The van der Waals surface area contributed by atoms with E-state index in [0.29, 0.717) is 5.56 Å². The van der Waals surface area contributed by atoms with Gasteiger partial charge in [0.2, 0.25) is 0 Å². The second-order valence-electron chi connectivity index (χ2n) is 3.64. The maximum absolute atomic E-state index is 11.6. The summed E-state index contributed by atoms with van der Waals surface area (Å²) in [7, 11) is 0. The fraction of sp³-hybridized carbons (Fsp3) is 0.333. The summed E-state index contributed by atoms with van der Waals surface area (Å²) in [5, 5.41) is 10.5. The van der Waals surface area contributed by atoms with Crippen LogP contribution < -0.4 is 0 Å². The van der Waals surface area contributed by atoms with Crippen molar-refractivity contribution >= 4 is 17.4 Å². The molecule has 0 spiro atoms.